The molecule has 122 valence electrons. The first-order chi connectivity index (χ1) is 11.0. The number of anilines is 2. The molecule has 1 aromatic heterocycles. The molecule has 1 N–H and O–H groups in total. The Bertz CT molecular complexity index is 671. The van der Waals surface area contributed by atoms with Crippen molar-refractivity contribution in [3.05, 3.63) is 52.1 Å². The Morgan fingerprint density at radius 2 is 1.96 bits per heavy atom. The topological polar surface area (TPSA) is 45.2 Å². The molecule has 1 heterocycles. The molecule has 0 fully saturated rings. The molecule has 0 saturated carbocycles. The quantitative estimate of drug-likeness (QED) is 0.806. The number of benzene rings is 1. The standard InChI is InChI=1S/C17H19Cl2N3O/c1-3-4-10-22(2)15-11-12(8-9-20-15)17(23)21-16-13(18)6-5-7-14(16)19/h5-9,11H,3-4,10H2,1-2H3,(H,21,23). The lowest BCUT2D eigenvalue weighted by Crippen LogP contribution is -2.20. The molecule has 1 amide bonds. The third-order valence-corrected chi connectivity index (χ3v) is 4.08. The summed E-state index contributed by atoms with van der Waals surface area (Å²) in [6.45, 7) is 3.03. The minimum Gasteiger partial charge on any atom is -0.360 e. The Morgan fingerprint density at radius 3 is 2.61 bits per heavy atom. The van der Waals surface area contributed by atoms with E-state index in [1.807, 2.05) is 11.9 Å². The number of hydrogen-bond donors (Lipinski definition) is 1. The van der Waals surface area contributed by atoms with E-state index in [1.165, 1.54) is 0 Å². The van der Waals surface area contributed by atoms with Crippen molar-refractivity contribution >= 4 is 40.6 Å². The molecule has 0 aliphatic rings. The highest BCUT2D eigenvalue weighted by atomic mass is 35.5. The van der Waals surface area contributed by atoms with Crippen molar-refractivity contribution in [1.82, 2.24) is 4.98 Å². The van der Waals surface area contributed by atoms with Crippen LogP contribution < -0.4 is 10.2 Å². The summed E-state index contributed by atoms with van der Waals surface area (Å²) in [6, 6.07) is 8.51. The molecule has 6 heteroatoms. The van der Waals surface area contributed by atoms with Gasteiger partial charge in [0.1, 0.15) is 5.82 Å². The van der Waals surface area contributed by atoms with Gasteiger partial charge in [-0.1, -0.05) is 42.6 Å². The van der Waals surface area contributed by atoms with Gasteiger partial charge in [0, 0.05) is 25.4 Å². The monoisotopic (exact) mass is 351 g/mol. The number of aromatic nitrogens is 1. The van der Waals surface area contributed by atoms with Gasteiger partial charge in [-0.3, -0.25) is 4.79 Å². The summed E-state index contributed by atoms with van der Waals surface area (Å²) in [6.07, 6.45) is 3.81. The average molecular weight is 352 g/mol. The Kier molecular flexibility index (Phi) is 6.25. The number of halogens is 2. The average Bonchev–Trinajstić information content (AvgIpc) is 2.56. The van der Waals surface area contributed by atoms with Crippen LogP contribution in [0.15, 0.2) is 36.5 Å². The largest absolute Gasteiger partial charge is 0.360 e. The molecular weight excluding hydrogens is 333 g/mol. The van der Waals surface area contributed by atoms with E-state index >= 15 is 0 Å². The first-order valence-corrected chi connectivity index (χ1v) is 8.21. The number of carbonyl (C=O) groups is 1. The highest BCUT2D eigenvalue weighted by Crippen LogP contribution is 2.30. The maximum absolute atomic E-state index is 12.4. The Balaban J connectivity index is 2.17. The van der Waals surface area contributed by atoms with Crippen LogP contribution in [0, 0.1) is 0 Å². The summed E-state index contributed by atoms with van der Waals surface area (Å²) >= 11 is 12.2. The number of nitrogens with one attached hydrogen (secondary N) is 1. The summed E-state index contributed by atoms with van der Waals surface area (Å²) in [5.74, 6) is 0.490. The highest BCUT2D eigenvalue weighted by Gasteiger charge is 2.13. The van der Waals surface area contributed by atoms with Crippen LogP contribution in [0.2, 0.25) is 10.0 Å². The maximum atomic E-state index is 12.4. The zero-order chi connectivity index (χ0) is 16.8. The lowest BCUT2D eigenvalue weighted by atomic mass is 10.2. The van der Waals surface area contributed by atoms with Gasteiger partial charge in [-0.25, -0.2) is 4.98 Å². The van der Waals surface area contributed by atoms with Gasteiger partial charge in [0.05, 0.1) is 15.7 Å². The van der Waals surface area contributed by atoms with Crippen LogP contribution in [0.25, 0.3) is 0 Å². The van der Waals surface area contributed by atoms with Gasteiger partial charge in [0.15, 0.2) is 0 Å². The predicted octanol–water partition coefficient (Wildman–Crippen LogP) is 4.88. The number of para-hydroxylation sites is 1. The second-order valence-electron chi connectivity index (χ2n) is 5.23. The number of amides is 1. The van der Waals surface area contributed by atoms with Crippen molar-refractivity contribution in [3.63, 3.8) is 0 Å². The molecule has 23 heavy (non-hydrogen) atoms. The third-order valence-electron chi connectivity index (χ3n) is 3.45. The van der Waals surface area contributed by atoms with Crippen LogP contribution in [0.1, 0.15) is 30.1 Å². The van der Waals surface area contributed by atoms with Crippen molar-refractivity contribution in [2.75, 3.05) is 23.8 Å². The molecule has 2 rings (SSSR count). The van der Waals surface area contributed by atoms with Crippen molar-refractivity contribution in [3.8, 4) is 0 Å². The van der Waals surface area contributed by atoms with Gasteiger partial charge < -0.3 is 10.2 Å². The van der Waals surface area contributed by atoms with E-state index in [2.05, 4.69) is 17.2 Å². The summed E-state index contributed by atoms with van der Waals surface area (Å²) in [7, 11) is 1.96. The molecule has 4 nitrogen and oxygen atoms in total. The van der Waals surface area contributed by atoms with Gasteiger partial charge in [-0.2, -0.15) is 0 Å². The molecule has 2 aromatic rings. The number of pyridine rings is 1. The van der Waals surface area contributed by atoms with E-state index in [0.29, 0.717) is 21.3 Å². The van der Waals surface area contributed by atoms with E-state index < -0.39 is 0 Å². The Labute approximate surface area is 146 Å². The van der Waals surface area contributed by atoms with Crippen molar-refractivity contribution in [2.45, 2.75) is 19.8 Å². The fraction of sp³-hybridized carbons (Fsp3) is 0.294. The molecule has 0 aliphatic heterocycles. The summed E-state index contributed by atoms with van der Waals surface area (Å²) < 4.78 is 0. The van der Waals surface area contributed by atoms with Gasteiger partial charge in [-0.15, -0.1) is 0 Å². The molecule has 0 atom stereocenters. The van der Waals surface area contributed by atoms with Crippen molar-refractivity contribution in [2.24, 2.45) is 0 Å². The fourth-order valence-electron chi connectivity index (χ4n) is 2.08. The summed E-state index contributed by atoms with van der Waals surface area (Å²) in [5, 5.41) is 3.56. The molecule has 0 bridgehead atoms. The number of carbonyl (C=O) groups excluding carboxylic acids is 1. The van der Waals surface area contributed by atoms with Gasteiger partial charge in [-0.05, 0) is 30.7 Å². The minimum atomic E-state index is -0.271. The van der Waals surface area contributed by atoms with Gasteiger partial charge >= 0.3 is 0 Å². The first kappa shape index (κ1) is 17.6. The number of unbranched alkanes of at least 4 members (excludes halogenated alkanes) is 1. The lowest BCUT2D eigenvalue weighted by molar-refractivity contribution is 0.102. The lowest BCUT2D eigenvalue weighted by Gasteiger charge is -2.18. The smallest absolute Gasteiger partial charge is 0.255 e. The second kappa shape index (κ2) is 8.18. The maximum Gasteiger partial charge on any atom is 0.255 e. The van der Waals surface area contributed by atoms with Crippen LogP contribution in [0.3, 0.4) is 0 Å². The highest BCUT2D eigenvalue weighted by molar-refractivity contribution is 6.40. The van der Waals surface area contributed by atoms with E-state index in [1.54, 1.807) is 36.5 Å². The number of nitrogens with zero attached hydrogens (tertiary/aromatic N) is 2. The number of rotatable bonds is 6. The van der Waals surface area contributed by atoms with Crippen molar-refractivity contribution in [1.29, 1.82) is 0 Å². The third kappa shape index (κ3) is 4.60. The van der Waals surface area contributed by atoms with Gasteiger partial charge in [0.2, 0.25) is 0 Å². The van der Waals surface area contributed by atoms with Gasteiger partial charge in [0.25, 0.3) is 5.91 Å². The second-order valence-corrected chi connectivity index (χ2v) is 6.04. The van der Waals surface area contributed by atoms with E-state index in [-0.39, 0.29) is 5.91 Å². The Hall–Kier alpha value is -1.78. The Morgan fingerprint density at radius 1 is 1.26 bits per heavy atom. The molecule has 0 radical (unpaired) electrons. The van der Waals surface area contributed by atoms with Crippen LogP contribution in [-0.4, -0.2) is 24.5 Å². The molecule has 0 spiro atoms. The fourth-order valence-corrected chi connectivity index (χ4v) is 2.57. The zero-order valence-corrected chi connectivity index (χ0v) is 14.7. The van der Waals surface area contributed by atoms with Crippen LogP contribution in [-0.2, 0) is 0 Å². The van der Waals surface area contributed by atoms with E-state index in [9.17, 15) is 4.79 Å². The van der Waals surface area contributed by atoms with Crippen LogP contribution >= 0.6 is 23.2 Å². The summed E-state index contributed by atoms with van der Waals surface area (Å²) in [4.78, 5) is 18.8. The van der Waals surface area contributed by atoms with E-state index in [4.69, 9.17) is 23.2 Å². The zero-order valence-electron chi connectivity index (χ0n) is 13.1. The molecule has 0 saturated heterocycles. The molecule has 1 aromatic carbocycles. The van der Waals surface area contributed by atoms with Crippen LogP contribution in [0.5, 0.6) is 0 Å². The molecule has 0 aliphatic carbocycles. The van der Waals surface area contributed by atoms with Crippen molar-refractivity contribution < 1.29 is 4.79 Å². The number of hydrogen-bond acceptors (Lipinski definition) is 3. The molecular formula is C17H19Cl2N3O. The van der Waals surface area contributed by atoms with E-state index in [0.717, 1.165) is 25.2 Å². The predicted molar refractivity (Wildman–Crippen MR) is 96.8 cm³/mol. The molecule has 0 unspecified atom stereocenters. The minimum absolute atomic E-state index is 0.271. The normalized spacial score (nSPS) is 10.4. The van der Waals surface area contributed by atoms with Crippen LogP contribution in [0.4, 0.5) is 11.5 Å². The first-order valence-electron chi connectivity index (χ1n) is 7.45. The summed E-state index contributed by atoms with van der Waals surface area (Å²) in [5.41, 5.74) is 0.924. The SMILES string of the molecule is CCCCN(C)c1cc(C(=O)Nc2c(Cl)cccc2Cl)ccn1.